The van der Waals surface area contributed by atoms with Crippen molar-refractivity contribution in [3.63, 3.8) is 0 Å². The molecule has 1 radical (unpaired) electrons. The molecule has 8 nitrogen and oxygen atoms in total. The van der Waals surface area contributed by atoms with Crippen LogP contribution in [-0.2, 0) is 16.8 Å². The standard InChI is InChI=1S/2C11H20N2O2.Co/c2*14-11(15,9-5-1-3-7-12-9)10-6-2-4-8-13-10;/h2*9-10,14-15H,1-8H2;/q2*-2;. The zero-order chi connectivity index (χ0) is 21.5. The molecule has 4 aliphatic heterocycles. The Morgan fingerprint density at radius 3 is 0.806 bits per heavy atom. The predicted molar refractivity (Wildman–Crippen MR) is 118 cm³/mol. The van der Waals surface area contributed by atoms with E-state index in [1.807, 2.05) is 0 Å². The zero-order valence-corrected chi connectivity index (χ0v) is 19.6. The first-order chi connectivity index (χ1) is 14.4. The largest absolute Gasteiger partial charge is 0.655 e. The van der Waals surface area contributed by atoms with E-state index in [0.29, 0.717) is 0 Å². The third kappa shape index (κ3) is 7.60. The van der Waals surface area contributed by atoms with Crippen LogP contribution in [-0.4, -0.2) is 82.3 Å². The molecule has 0 bridgehead atoms. The smallest absolute Gasteiger partial charge is 0.130 e. The van der Waals surface area contributed by atoms with Gasteiger partial charge in [-0.05, 0) is 0 Å². The van der Waals surface area contributed by atoms with E-state index in [1.54, 1.807) is 0 Å². The third-order valence-electron chi connectivity index (χ3n) is 6.90. The molecule has 185 valence electrons. The van der Waals surface area contributed by atoms with E-state index in [1.165, 1.54) is 0 Å². The molecule has 4 heterocycles. The fraction of sp³-hybridized carbons (Fsp3) is 1.00. The van der Waals surface area contributed by atoms with Crippen molar-refractivity contribution in [1.29, 1.82) is 0 Å². The molecule has 4 aliphatic rings. The van der Waals surface area contributed by atoms with Crippen LogP contribution in [0.15, 0.2) is 0 Å². The van der Waals surface area contributed by atoms with Crippen molar-refractivity contribution in [3.8, 4) is 0 Å². The number of hydrogen-bond donors (Lipinski definition) is 4. The van der Waals surface area contributed by atoms with Crippen molar-refractivity contribution in [3.05, 3.63) is 21.3 Å². The molecular weight excluding hydrogens is 443 g/mol. The number of piperidine rings is 4. The molecule has 0 aromatic heterocycles. The maximum absolute atomic E-state index is 10.1. The van der Waals surface area contributed by atoms with Gasteiger partial charge in [0.2, 0.25) is 0 Å². The van der Waals surface area contributed by atoms with Crippen LogP contribution < -0.4 is 0 Å². The Morgan fingerprint density at radius 2 is 0.645 bits per heavy atom. The van der Waals surface area contributed by atoms with Gasteiger partial charge in [-0.15, -0.1) is 26.2 Å². The Bertz CT molecular complexity index is 404. The van der Waals surface area contributed by atoms with E-state index in [-0.39, 0.29) is 40.9 Å². The van der Waals surface area contributed by atoms with Gasteiger partial charge in [0.1, 0.15) is 11.6 Å². The minimum Gasteiger partial charge on any atom is -0.655 e. The second kappa shape index (κ2) is 13.2. The minimum absolute atomic E-state index is 0. The van der Waals surface area contributed by atoms with Gasteiger partial charge < -0.3 is 41.7 Å². The van der Waals surface area contributed by atoms with E-state index in [0.717, 1.165) is 103 Å². The third-order valence-corrected chi connectivity index (χ3v) is 6.90. The maximum Gasteiger partial charge on any atom is 0.130 e. The van der Waals surface area contributed by atoms with Crippen molar-refractivity contribution in [2.24, 2.45) is 0 Å². The summed E-state index contributed by atoms with van der Waals surface area (Å²) in [5.41, 5.74) is 0. The van der Waals surface area contributed by atoms with Crippen LogP contribution in [0.1, 0.15) is 77.0 Å². The summed E-state index contributed by atoms with van der Waals surface area (Å²) < 4.78 is 0. The van der Waals surface area contributed by atoms with Gasteiger partial charge in [0.25, 0.3) is 0 Å². The van der Waals surface area contributed by atoms with Gasteiger partial charge in [0.05, 0.1) is 0 Å². The Balaban J connectivity index is 0.000000213. The average molecular weight is 484 g/mol. The monoisotopic (exact) mass is 483 g/mol. The van der Waals surface area contributed by atoms with Crippen LogP contribution in [0.4, 0.5) is 0 Å². The molecule has 31 heavy (non-hydrogen) atoms. The van der Waals surface area contributed by atoms with Crippen LogP contribution in [0.3, 0.4) is 0 Å². The molecule has 4 fully saturated rings. The van der Waals surface area contributed by atoms with Gasteiger partial charge in [-0.3, -0.25) is 0 Å². The molecule has 0 aliphatic carbocycles. The van der Waals surface area contributed by atoms with Gasteiger partial charge >= 0.3 is 0 Å². The van der Waals surface area contributed by atoms with E-state index >= 15 is 0 Å². The molecule has 4 saturated heterocycles. The first-order valence-electron chi connectivity index (χ1n) is 12.0. The Labute approximate surface area is 197 Å². The van der Waals surface area contributed by atoms with Crippen molar-refractivity contribution < 1.29 is 37.2 Å². The molecule has 4 atom stereocenters. The molecule has 0 aromatic carbocycles. The molecular formula is C22H40CoN4O4-4. The Hall–Kier alpha value is 0.186. The summed E-state index contributed by atoms with van der Waals surface area (Å²) in [6.45, 7) is 3.06. The molecule has 9 heteroatoms. The van der Waals surface area contributed by atoms with Crippen molar-refractivity contribution >= 4 is 0 Å². The Morgan fingerprint density at radius 1 is 0.419 bits per heavy atom. The topological polar surface area (TPSA) is 137 Å². The van der Waals surface area contributed by atoms with Crippen LogP contribution >= 0.6 is 0 Å². The SMILES string of the molecule is OC(O)(C1CCCC[N-]1)C1CCCC[N-]1.OC(O)(C1CCCC[N-]1)C1CCCC[N-]1.[Co]. The Kier molecular flexibility index (Phi) is 11.7. The minimum atomic E-state index is -1.69. The first kappa shape index (κ1) is 27.4. The molecule has 4 unspecified atom stereocenters. The quantitative estimate of drug-likeness (QED) is 0.457. The molecule has 0 spiro atoms. The van der Waals surface area contributed by atoms with Gasteiger partial charge in [-0.25, -0.2) is 0 Å². The van der Waals surface area contributed by atoms with E-state index in [2.05, 4.69) is 21.3 Å². The summed E-state index contributed by atoms with van der Waals surface area (Å²) in [5, 5.41) is 57.8. The van der Waals surface area contributed by atoms with Crippen molar-refractivity contribution in [2.75, 3.05) is 26.2 Å². The molecule has 0 saturated carbocycles. The second-order valence-electron chi connectivity index (χ2n) is 9.24. The number of rotatable bonds is 4. The van der Waals surface area contributed by atoms with E-state index in [4.69, 9.17) is 0 Å². The molecule has 0 amide bonds. The predicted octanol–water partition coefficient (Wildman–Crippen LogP) is 3.04. The average Bonchev–Trinajstić information content (AvgIpc) is 2.82. The van der Waals surface area contributed by atoms with Gasteiger partial charge in [-0.2, -0.15) is 0 Å². The number of aliphatic hydroxyl groups is 4. The molecule has 4 rings (SSSR count). The maximum atomic E-state index is 10.1. The molecule has 0 aromatic rings. The summed E-state index contributed by atoms with van der Waals surface area (Å²) >= 11 is 0. The summed E-state index contributed by atoms with van der Waals surface area (Å²) in [7, 11) is 0. The summed E-state index contributed by atoms with van der Waals surface area (Å²) in [4.78, 5) is 0. The van der Waals surface area contributed by atoms with Crippen LogP contribution in [0.25, 0.3) is 21.3 Å². The second-order valence-corrected chi connectivity index (χ2v) is 9.24. The number of hydrogen-bond acceptors (Lipinski definition) is 4. The van der Waals surface area contributed by atoms with Gasteiger partial charge in [0.15, 0.2) is 0 Å². The zero-order valence-electron chi connectivity index (χ0n) is 18.5. The van der Waals surface area contributed by atoms with Crippen molar-refractivity contribution in [2.45, 2.75) is 113 Å². The summed E-state index contributed by atoms with van der Waals surface area (Å²) in [6.07, 6.45) is 11.7. The van der Waals surface area contributed by atoms with Crippen LogP contribution in [0.2, 0.25) is 0 Å². The molecule has 4 N–H and O–H groups in total. The normalized spacial score (nSPS) is 32.9. The first-order valence-corrected chi connectivity index (χ1v) is 12.0. The van der Waals surface area contributed by atoms with Gasteiger partial charge in [-0.1, -0.05) is 101 Å². The van der Waals surface area contributed by atoms with E-state index in [9.17, 15) is 20.4 Å². The summed E-state index contributed by atoms with van der Waals surface area (Å²) in [6, 6.07) is -1.28. The van der Waals surface area contributed by atoms with Crippen LogP contribution in [0.5, 0.6) is 0 Å². The van der Waals surface area contributed by atoms with Crippen LogP contribution in [0, 0.1) is 0 Å². The van der Waals surface area contributed by atoms with Crippen molar-refractivity contribution in [1.82, 2.24) is 0 Å². The summed E-state index contributed by atoms with van der Waals surface area (Å²) in [5.74, 6) is -3.39. The van der Waals surface area contributed by atoms with E-state index < -0.39 is 11.6 Å². The van der Waals surface area contributed by atoms with Gasteiger partial charge in [0, 0.05) is 16.8 Å². The fourth-order valence-electron chi connectivity index (χ4n) is 4.98. The fourth-order valence-corrected chi connectivity index (χ4v) is 4.98. The number of nitrogens with zero attached hydrogens (tertiary/aromatic N) is 4.